The van der Waals surface area contributed by atoms with Gasteiger partial charge in [-0.25, -0.2) is 4.79 Å². The molecule has 0 radical (unpaired) electrons. The molecule has 0 fully saturated rings. The zero-order chi connectivity index (χ0) is 21.3. The number of fused-ring (bicyclic) bond motifs is 1. The number of anilines is 1. The average Bonchev–Trinajstić information content (AvgIpc) is 3.25. The fourth-order valence-corrected chi connectivity index (χ4v) is 3.43. The van der Waals surface area contributed by atoms with Crippen LogP contribution in [0.5, 0.6) is 23.3 Å². The first-order valence-electron chi connectivity index (χ1n) is 10.0. The SMILES string of the molecule is CCCCC[C@@H](CNC(=O)Nc1c(OC)ncnc1OC)c1cccc2c1OCO2. The van der Waals surface area contributed by atoms with Crippen molar-refractivity contribution >= 4 is 11.7 Å². The number of nitrogens with zero attached hydrogens (tertiary/aromatic N) is 2. The molecule has 0 unspecified atom stereocenters. The minimum Gasteiger partial charge on any atom is -0.479 e. The Balaban J connectivity index is 1.70. The van der Waals surface area contributed by atoms with Gasteiger partial charge in [-0.05, 0) is 12.5 Å². The lowest BCUT2D eigenvalue weighted by Crippen LogP contribution is -2.33. The number of benzene rings is 1. The summed E-state index contributed by atoms with van der Waals surface area (Å²) in [4.78, 5) is 20.6. The molecule has 0 saturated heterocycles. The number of amides is 2. The van der Waals surface area contributed by atoms with E-state index in [1.54, 1.807) is 0 Å². The van der Waals surface area contributed by atoms with Gasteiger partial charge in [-0.1, -0.05) is 38.3 Å². The summed E-state index contributed by atoms with van der Waals surface area (Å²) in [6.07, 6.45) is 5.55. The van der Waals surface area contributed by atoms with Crippen molar-refractivity contribution < 1.29 is 23.7 Å². The normalized spacial score (nSPS) is 12.9. The minimum absolute atomic E-state index is 0.0924. The summed E-state index contributed by atoms with van der Waals surface area (Å²) >= 11 is 0. The fraction of sp³-hybridized carbons (Fsp3) is 0.476. The summed E-state index contributed by atoms with van der Waals surface area (Å²) in [6.45, 7) is 2.82. The van der Waals surface area contributed by atoms with Crippen LogP contribution in [0.1, 0.15) is 44.1 Å². The molecule has 162 valence electrons. The number of carbonyl (C=O) groups is 1. The molecule has 1 atom stereocenters. The summed E-state index contributed by atoms with van der Waals surface area (Å²) in [6, 6.07) is 5.48. The molecule has 2 amide bonds. The summed E-state index contributed by atoms with van der Waals surface area (Å²) < 4.78 is 21.6. The van der Waals surface area contributed by atoms with Crippen molar-refractivity contribution in [3.63, 3.8) is 0 Å². The van der Waals surface area contributed by atoms with Crippen LogP contribution in [0, 0.1) is 0 Å². The highest BCUT2D eigenvalue weighted by atomic mass is 16.7. The number of hydrogen-bond donors (Lipinski definition) is 2. The lowest BCUT2D eigenvalue weighted by molar-refractivity contribution is 0.173. The van der Waals surface area contributed by atoms with Crippen molar-refractivity contribution in [1.29, 1.82) is 0 Å². The molecule has 2 N–H and O–H groups in total. The monoisotopic (exact) mass is 416 g/mol. The van der Waals surface area contributed by atoms with E-state index < -0.39 is 6.03 Å². The Bertz CT molecular complexity index is 839. The quantitative estimate of drug-likeness (QED) is 0.569. The maximum atomic E-state index is 12.6. The first-order chi connectivity index (χ1) is 14.7. The van der Waals surface area contributed by atoms with E-state index in [1.807, 2.05) is 18.2 Å². The molecule has 9 nitrogen and oxygen atoms in total. The molecule has 30 heavy (non-hydrogen) atoms. The third-order valence-electron chi connectivity index (χ3n) is 4.93. The number of nitrogens with one attached hydrogen (secondary N) is 2. The van der Waals surface area contributed by atoms with Crippen molar-refractivity contribution in [2.45, 2.75) is 38.5 Å². The minimum atomic E-state index is -0.397. The van der Waals surface area contributed by atoms with Crippen LogP contribution in [0.4, 0.5) is 10.5 Å². The van der Waals surface area contributed by atoms with Crippen molar-refractivity contribution in [1.82, 2.24) is 15.3 Å². The van der Waals surface area contributed by atoms with E-state index in [0.717, 1.165) is 42.7 Å². The number of unbranched alkanes of at least 4 members (excludes halogenated alkanes) is 2. The van der Waals surface area contributed by atoms with E-state index in [0.29, 0.717) is 6.54 Å². The van der Waals surface area contributed by atoms with Gasteiger partial charge in [0, 0.05) is 18.0 Å². The van der Waals surface area contributed by atoms with Gasteiger partial charge in [0.05, 0.1) is 14.2 Å². The molecule has 0 spiro atoms. The van der Waals surface area contributed by atoms with Gasteiger partial charge in [-0.15, -0.1) is 0 Å². The van der Waals surface area contributed by atoms with Gasteiger partial charge in [-0.3, -0.25) is 5.32 Å². The lowest BCUT2D eigenvalue weighted by atomic mass is 9.92. The third-order valence-corrected chi connectivity index (χ3v) is 4.93. The van der Waals surface area contributed by atoms with Crippen LogP contribution in [-0.2, 0) is 0 Å². The second-order valence-electron chi connectivity index (χ2n) is 6.88. The number of rotatable bonds is 10. The molecule has 2 aromatic rings. The molecule has 1 aromatic heterocycles. The summed E-state index contributed by atoms with van der Waals surface area (Å²) in [5.41, 5.74) is 1.32. The first-order valence-corrected chi connectivity index (χ1v) is 10.0. The van der Waals surface area contributed by atoms with E-state index in [1.165, 1.54) is 20.5 Å². The molecule has 0 bridgehead atoms. The zero-order valence-electron chi connectivity index (χ0n) is 17.6. The van der Waals surface area contributed by atoms with Gasteiger partial charge >= 0.3 is 6.03 Å². The van der Waals surface area contributed by atoms with Gasteiger partial charge in [0.25, 0.3) is 0 Å². The van der Waals surface area contributed by atoms with Crippen molar-refractivity contribution in [2.75, 3.05) is 32.9 Å². The molecule has 1 aromatic carbocycles. The Morgan fingerprint density at radius 2 is 1.93 bits per heavy atom. The number of urea groups is 1. The van der Waals surface area contributed by atoms with Crippen LogP contribution < -0.4 is 29.6 Å². The van der Waals surface area contributed by atoms with Crippen LogP contribution in [0.15, 0.2) is 24.5 Å². The van der Waals surface area contributed by atoms with Crippen molar-refractivity contribution in [2.24, 2.45) is 0 Å². The Morgan fingerprint density at radius 1 is 1.17 bits per heavy atom. The number of para-hydroxylation sites is 1. The summed E-state index contributed by atoms with van der Waals surface area (Å²) in [7, 11) is 2.93. The lowest BCUT2D eigenvalue weighted by Gasteiger charge is -2.20. The van der Waals surface area contributed by atoms with E-state index in [2.05, 4.69) is 27.5 Å². The van der Waals surface area contributed by atoms with E-state index in [4.69, 9.17) is 18.9 Å². The molecule has 0 saturated carbocycles. The molecule has 0 aliphatic carbocycles. The Hall–Kier alpha value is -3.23. The number of carbonyl (C=O) groups excluding carboxylic acids is 1. The van der Waals surface area contributed by atoms with Gasteiger partial charge in [0.15, 0.2) is 17.2 Å². The van der Waals surface area contributed by atoms with Gasteiger partial charge in [-0.2, -0.15) is 9.97 Å². The molecule has 1 aliphatic heterocycles. The number of ether oxygens (including phenoxy) is 4. The largest absolute Gasteiger partial charge is 0.479 e. The highest BCUT2D eigenvalue weighted by Crippen LogP contribution is 2.40. The van der Waals surface area contributed by atoms with Crippen LogP contribution in [0.3, 0.4) is 0 Å². The van der Waals surface area contributed by atoms with E-state index in [-0.39, 0.29) is 30.2 Å². The standard InChI is InChI=1S/C21H28N4O5/c1-4-5-6-8-14(15-9-7-10-16-18(15)30-13-29-16)11-22-21(26)25-17-19(27-2)23-12-24-20(17)28-3/h7,9-10,12,14H,4-6,8,11,13H2,1-3H3,(H2,22,25,26)/t14-/m0/s1. The highest BCUT2D eigenvalue weighted by molar-refractivity contribution is 5.92. The molecule has 3 rings (SSSR count). The van der Waals surface area contributed by atoms with Gasteiger partial charge in [0.1, 0.15) is 6.33 Å². The number of methoxy groups -OCH3 is 2. The Kier molecular flexibility index (Phi) is 7.53. The molecule has 1 aliphatic rings. The van der Waals surface area contributed by atoms with Gasteiger partial charge < -0.3 is 24.3 Å². The molecule has 2 heterocycles. The van der Waals surface area contributed by atoms with Crippen LogP contribution in [0.25, 0.3) is 0 Å². The molecular weight excluding hydrogens is 388 g/mol. The van der Waals surface area contributed by atoms with E-state index in [9.17, 15) is 4.79 Å². The second-order valence-corrected chi connectivity index (χ2v) is 6.88. The van der Waals surface area contributed by atoms with E-state index >= 15 is 0 Å². The van der Waals surface area contributed by atoms with Crippen molar-refractivity contribution in [3.05, 3.63) is 30.1 Å². The van der Waals surface area contributed by atoms with Crippen LogP contribution in [-0.4, -0.2) is 43.6 Å². The maximum Gasteiger partial charge on any atom is 0.319 e. The number of hydrogen-bond acceptors (Lipinski definition) is 7. The van der Waals surface area contributed by atoms with Crippen molar-refractivity contribution in [3.8, 4) is 23.3 Å². The predicted octanol–water partition coefficient (Wildman–Crippen LogP) is 3.71. The Labute approximate surface area is 176 Å². The maximum absolute atomic E-state index is 12.6. The van der Waals surface area contributed by atoms with Crippen LogP contribution >= 0.6 is 0 Å². The zero-order valence-corrected chi connectivity index (χ0v) is 17.6. The molecular formula is C21H28N4O5. The van der Waals surface area contributed by atoms with Crippen LogP contribution in [0.2, 0.25) is 0 Å². The molecule has 9 heteroatoms. The first kappa shape index (κ1) is 21.5. The summed E-state index contributed by atoms with van der Waals surface area (Å²) in [5, 5.41) is 5.66. The second kappa shape index (κ2) is 10.5. The fourth-order valence-electron chi connectivity index (χ4n) is 3.43. The predicted molar refractivity (Wildman–Crippen MR) is 112 cm³/mol. The van der Waals surface area contributed by atoms with Gasteiger partial charge in [0.2, 0.25) is 18.6 Å². The third kappa shape index (κ3) is 5.03. The Morgan fingerprint density at radius 3 is 2.63 bits per heavy atom. The highest BCUT2D eigenvalue weighted by Gasteiger charge is 2.24. The number of aromatic nitrogens is 2. The summed E-state index contributed by atoms with van der Waals surface area (Å²) in [5.74, 6) is 2.05. The smallest absolute Gasteiger partial charge is 0.319 e. The topological polar surface area (TPSA) is 104 Å². The average molecular weight is 416 g/mol.